The number of nitrogens with zero attached hydrogens (tertiary/aromatic N) is 2. The van der Waals surface area contributed by atoms with Crippen LogP contribution in [0.3, 0.4) is 0 Å². The maximum absolute atomic E-state index is 13.8. The Morgan fingerprint density at radius 3 is 2.38 bits per heavy atom. The Hall–Kier alpha value is -2.16. The topological polar surface area (TPSA) is 69.7 Å². The van der Waals surface area contributed by atoms with E-state index >= 15 is 0 Å². The first kappa shape index (κ1) is 18.6. The number of piperazine rings is 1. The van der Waals surface area contributed by atoms with Gasteiger partial charge in [0.2, 0.25) is 10.0 Å². The van der Waals surface area contributed by atoms with Crippen LogP contribution in [0.25, 0.3) is 0 Å². The van der Waals surface area contributed by atoms with Gasteiger partial charge in [0.15, 0.2) is 0 Å². The molecule has 0 bridgehead atoms. The SMILES string of the molecule is O=C(Nc1cccc(Cl)c1)N1CCN(S(=O)(=O)c2ccccc2F)CC1. The van der Waals surface area contributed by atoms with E-state index in [9.17, 15) is 17.6 Å². The molecule has 3 rings (SSSR count). The Bertz CT molecular complexity index is 915. The molecular weight excluding hydrogens is 381 g/mol. The molecule has 138 valence electrons. The number of urea groups is 1. The molecule has 0 spiro atoms. The fourth-order valence-corrected chi connectivity index (χ4v) is 4.37. The number of hydrogen-bond acceptors (Lipinski definition) is 3. The van der Waals surface area contributed by atoms with E-state index in [-0.39, 0.29) is 37.1 Å². The molecule has 1 saturated heterocycles. The molecule has 0 saturated carbocycles. The molecule has 2 amide bonds. The zero-order valence-corrected chi connectivity index (χ0v) is 15.3. The van der Waals surface area contributed by atoms with Gasteiger partial charge in [0.05, 0.1) is 0 Å². The van der Waals surface area contributed by atoms with Gasteiger partial charge in [-0.3, -0.25) is 0 Å². The summed E-state index contributed by atoms with van der Waals surface area (Å²) in [4.78, 5) is 13.5. The highest BCUT2D eigenvalue weighted by Gasteiger charge is 2.31. The molecule has 2 aromatic rings. The number of halogens is 2. The van der Waals surface area contributed by atoms with Crippen molar-refractivity contribution in [3.8, 4) is 0 Å². The highest BCUT2D eigenvalue weighted by atomic mass is 35.5. The predicted octanol–water partition coefficient (Wildman–Crippen LogP) is 3.02. The van der Waals surface area contributed by atoms with Gasteiger partial charge >= 0.3 is 6.03 Å². The van der Waals surface area contributed by atoms with Crippen molar-refractivity contribution in [2.75, 3.05) is 31.5 Å². The second-order valence-corrected chi connectivity index (χ2v) is 8.10. The maximum Gasteiger partial charge on any atom is 0.321 e. The monoisotopic (exact) mass is 397 g/mol. The Balaban J connectivity index is 1.64. The molecule has 6 nitrogen and oxygen atoms in total. The van der Waals surface area contributed by atoms with E-state index in [2.05, 4.69) is 5.32 Å². The smallest absolute Gasteiger partial charge is 0.321 e. The number of carbonyl (C=O) groups is 1. The normalized spacial score (nSPS) is 15.7. The Kier molecular flexibility index (Phi) is 5.45. The molecule has 26 heavy (non-hydrogen) atoms. The fraction of sp³-hybridized carbons (Fsp3) is 0.235. The number of nitrogens with one attached hydrogen (secondary N) is 1. The predicted molar refractivity (Wildman–Crippen MR) is 97.2 cm³/mol. The van der Waals surface area contributed by atoms with E-state index in [1.807, 2.05) is 0 Å². The van der Waals surface area contributed by atoms with Crippen LogP contribution >= 0.6 is 11.6 Å². The highest BCUT2D eigenvalue weighted by molar-refractivity contribution is 7.89. The van der Waals surface area contributed by atoms with Gasteiger partial charge in [-0.05, 0) is 30.3 Å². The van der Waals surface area contributed by atoms with Crippen LogP contribution in [0.4, 0.5) is 14.9 Å². The summed E-state index contributed by atoms with van der Waals surface area (Å²) in [5, 5.41) is 3.22. The van der Waals surface area contributed by atoms with Crippen LogP contribution in [-0.4, -0.2) is 49.8 Å². The molecule has 1 aliphatic heterocycles. The largest absolute Gasteiger partial charge is 0.322 e. The number of carbonyl (C=O) groups excluding carboxylic acids is 1. The molecule has 1 N–H and O–H groups in total. The molecule has 1 heterocycles. The number of amides is 2. The van der Waals surface area contributed by atoms with Gasteiger partial charge in [-0.1, -0.05) is 29.8 Å². The standard InChI is InChI=1S/C17H17ClFN3O3S/c18-13-4-3-5-14(12-13)20-17(23)21-8-10-22(11-9-21)26(24,25)16-7-2-1-6-15(16)19/h1-7,12H,8-11H2,(H,20,23). The second-order valence-electron chi connectivity index (χ2n) is 5.76. The summed E-state index contributed by atoms with van der Waals surface area (Å²) >= 11 is 5.89. The van der Waals surface area contributed by atoms with Gasteiger partial charge < -0.3 is 10.2 Å². The summed E-state index contributed by atoms with van der Waals surface area (Å²) < 4.78 is 40.1. The summed E-state index contributed by atoms with van der Waals surface area (Å²) in [5.74, 6) is -0.784. The number of anilines is 1. The lowest BCUT2D eigenvalue weighted by Crippen LogP contribution is -2.51. The first-order valence-corrected chi connectivity index (χ1v) is 9.76. The van der Waals surface area contributed by atoms with Crippen molar-refractivity contribution in [3.05, 3.63) is 59.4 Å². The lowest BCUT2D eigenvalue weighted by Gasteiger charge is -2.34. The van der Waals surface area contributed by atoms with Crippen LogP contribution < -0.4 is 5.32 Å². The lowest BCUT2D eigenvalue weighted by molar-refractivity contribution is 0.184. The summed E-state index contributed by atoms with van der Waals surface area (Å²) in [5.41, 5.74) is 0.559. The first-order valence-electron chi connectivity index (χ1n) is 7.94. The summed E-state index contributed by atoms with van der Waals surface area (Å²) in [6, 6.07) is 11.7. The van der Waals surface area contributed by atoms with Crippen molar-refractivity contribution in [2.45, 2.75) is 4.90 Å². The molecule has 0 atom stereocenters. The molecule has 0 unspecified atom stereocenters. The van der Waals surface area contributed by atoms with Crippen LogP contribution in [0.15, 0.2) is 53.4 Å². The Morgan fingerprint density at radius 2 is 1.73 bits per heavy atom. The quantitative estimate of drug-likeness (QED) is 0.865. The summed E-state index contributed by atoms with van der Waals surface area (Å²) in [7, 11) is -3.92. The van der Waals surface area contributed by atoms with Gasteiger partial charge in [-0.15, -0.1) is 0 Å². The van der Waals surface area contributed by atoms with Crippen molar-refractivity contribution in [1.82, 2.24) is 9.21 Å². The molecule has 9 heteroatoms. The van der Waals surface area contributed by atoms with E-state index in [1.54, 1.807) is 24.3 Å². The van der Waals surface area contributed by atoms with Gasteiger partial charge in [-0.25, -0.2) is 17.6 Å². The van der Waals surface area contributed by atoms with Crippen molar-refractivity contribution in [1.29, 1.82) is 0 Å². The second kappa shape index (κ2) is 7.61. The highest BCUT2D eigenvalue weighted by Crippen LogP contribution is 2.21. The van der Waals surface area contributed by atoms with E-state index in [0.29, 0.717) is 10.7 Å². The molecule has 2 aromatic carbocycles. The number of benzene rings is 2. The van der Waals surface area contributed by atoms with Crippen LogP contribution in [-0.2, 0) is 10.0 Å². The zero-order valence-electron chi connectivity index (χ0n) is 13.7. The third-order valence-electron chi connectivity index (χ3n) is 4.06. The third-order valence-corrected chi connectivity index (χ3v) is 6.22. The van der Waals surface area contributed by atoms with Crippen LogP contribution in [0, 0.1) is 5.82 Å². The molecule has 0 aromatic heterocycles. The number of rotatable bonds is 3. The number of hydrogen-bond donors (Lipinski definition) is 1. The fourth-order valence-electron chi connectivity index (χ4n) is 2.69. The molecule has 1 aliphatic rings. The minimum Gasteiger partial charge on any atom is -0.322 e. The summed E-state index contributed by atoms with van der Waals surface area (Å²) in [6.07, 6.45) is 0. The molecule has 0 radical (unpaired) electrons. The van der Waals surface area contributed by atoms with Crippen molar-refractivity contribution >= 4 is 33.3 Å². The van der Waals surface area contributed by atoms with Crippen molar-refractivity contribution in [2.24, 2.45) is 0 Å². The number of sulfonamides is 1. The zero-order chi connectivity index (χ0) is 18.7. The van der Waals surface area contributed by atoms with Gasteiger partial charge in [0.25, 0.3) is 0 Å². The van der Waals surface area contributed by atoms with Gasteiger partial charge in [0.1, 0.15) is 10.7 Å². The van der Waals surface area contributed by atoms with Crippen molar-refractivity contribution in [3.63, 3.8) is 0 Å². The van der Waals surface area contributed by atoms with Crippen LogP contribution in [0.5, 0.6) is 0 Å². The Labute approximate surface area is 156 Å². The lowest BCUT2D eigenvalue weighted by atomic mass is 10.3. The van der Waals surface area contributed by atoms with Crippen molar-refractivity contribution < 1.29 is 17.6 Å². The van der Waals surface area contributed by atoms with Gasteiger partial charge in [0, 0.05) is 36.9 Å². The van der Waals surface area contributed by atoms with Crippen LogP contribution in [0.1, 0.15) is 0 Å². The molecule has 0 aliphatic carbocycles. The average molecular weight is 398 g/mol. The first-order chi connectivity index (χ1) is 12.4. The van der Waals surface area contributed by atoms with E-state index in [1.165, 1.54) is 27.4 Å². The van der Waals surface area contributed by atoms with Crippen LogP contribution in [0.2, 0.25) is 5.02 Å². The Morgan fingerprint density at radius 1 is 1.04 bits per heavy atom. The molecular formula is C17H17ClFN3O3S. The van der Waals surface area contributed by atoms with E-state index in [0.717, 1.165) is 6.07 Å². The maximum atomic E-state index is 13.8. The minimum atomic E-state index is -3.92. The average Bonchev–Trinajstić information content (AvgIpc) is 2.62. The van der Waals surface area contributed by atoms with E-state index in [4.69, 9.17) is 11.6 Å². The molecule has 1 fully saturated rings. The van der Waals surface area contributed by atoms with Gasteiger partial charge in [-0.2, -0.15) is 4.31 Å². The minimum absolute atomic E-state index is 0.0969. The van der Waals surface area contributed by atoms with E-state index < -0.39 is 15.8 Å². The summed E-state index contributed by atoms with van der Waals surface area (Å²) in [6.45, 7) is 0.611. The third kappa shape index (κ3) is 3.98.